The van der Waals surface area contributed by atoms with Crippen LogP contribution in [0, 0.1) is 30.6 Å². The van der Waals surface area contributed by atoms with E-state index >= 15 is 9.59 Å². The molecule has 1 amide bonds. The highest BCUT2D eigenvalue weighted by Crippen LogP contribution is 2.49. The number of ketones is 3. The standard InChI is InChI=1S/C52H58N2O15/c1-25-13-12-14-26(2)50(61)54-41-40(53-33-17-21-35(64-10)22-18-33)44(58)37-38(45(41)59)47(68-51(62)32-15-19-34(63-9)20-16-32)30(6)48-39(37)49(60)52(8,69-48)66-24-23-36(65-11)27(3)46(67-31(7)55)29(5)43(57)28(4)42(25)56/h12-25,27-29,36,42-43,46,53,56-57H,1-11H3,(H,54,61)/b13-12?,24-23-,26-14-/t25-,27+,28+,29-,36-,42-,43-,46+,52-/m0/s1. The maximum atomic E-state index is 15.3. The molecule has 4 N–H and O–H groups in total. The number of esters is 2. The lowest BCUT2D eigenvalue weighted by Gasteiger charge is -2.38. The zero-order valence-electron chi connectivity index (χ0n) is 40.3. The molecule has 0 saturated carbocycles. The Balaban J connectivity index is 1.57. The van der Waals surface area contributed by atoms with Crippen LogP contribution in [-0.4, -0.2) is 96.9 Å². The highest BCUT2D eigenvalue weighted by Gasteiger charge is 2.53. The molecule has 3 aromatic rings. The van der Waals surface area contributed by atoms with Gasteiger partial charge in [0.15, 0.2) is 0 Å². The lowest BCUT2D eigenvalue weighted by molar-refractivity contribution is -0.160. The van der Waals surface area contributed by atoms with E-state index in [1.807, 2.05) is 0 Å². The number of aliphatic hydroxyl groups is 2. The van der Waals surface area contributed by atoms with Gasteiger partial charge in [-0.25, -0.2) is 4.79 Å². The Kier molecular flexibility index (Phi) is 15.7. The Morgan fingerprint density at radius 1 is 0.783 bits per heavy atom. The lowest BCUT2D eigenvalue weighted by Crippen LogP contribution is -2.46. The first-order valence-corrected chi connectivity index (χ1v) is 22.3. The molecule has 3 aromatic carbocycles. The minimum atomic E-state index is -2.20. The van der Waals surface area contributed by atoms with Gasteiger partial charge in [0.2, 0.25) is 11.6 Å². The summed E-state index contributed by atoms with van der Waals surface area (Å²) in [5.41, 5.74) is -1.91. The van der Waals surface area contributed by atoms with Crippen molar-refractivity contribution in [3.8, 4) is 23.0 Å². The molecular weight excluding hydrogens is 893 g/mol. The molecule has 5 bridgehead atoms. The topological polar surface area (TPSA) is 232 Å². The quantitative estimate of drug-likeness (QED) is 0.138. The zero-order chi connectivity index (χ0) is 50.6. The Morgan fingerprint density at radius 3 is 2.00 bits per heavy atom. The van der Waals surface area contributed by atoms with Gasteiger partial charge in [0.25, 0.3) is 11.7 Å². The predicted molar refractivity (Wildman–Crippen MR) is 251 cm³/mol. The molecule has 7 rings (SSSR count). The number of benzene rings is 3. The van der Waals surface area contributed by atoms with Crippen molar-refractivity contribution < 1.29 is 72.1 Å². The second-order valence-electron chi connectivity index (χ2n) is 17.5. The van der Waals surface area contributed by atoms with Gasteiger partial charge in [-0.05, 0) is 68.5 Å². The first-order chi connectivity index (χ1) is 32.7. The van der Waals surface area contributed by atoms with Gasteiger partial charge in [0.05, 0.1) is 61.0 Å². The molecule has 4 aliphatic rings. The smallest absolute Gasteiger partial charge is 0.343 e. The number of rotatable bonds is 8. The van der Waals surface area contributed by atoms with Gasteiger partial charge in [-0.2, -0.15) is 0 Å². The molecular formula is C52H58N2O15. The van der Waals surface area contributed by atoms with Crippen LogP contribution in [0.25, 0.3) is 0 Å². The van der Waals surface area contributed by atoms with E-state index in [-0.39, 0.29) is 28.0 Å². The van der Waals surface area contributed by atoms with Crippen molar-refractivity contribution in [3.63, 3.8) is 0 Å². The van der Waals surface area contributed by atoms with Crippen molar-refractivity contribution in [1.29, 1.82) is 0 Å². The number of hydrogen-bond donors (Lipinski definition) is 4. The summed E-state index contributed by atoms with van der Waals surface area (Å²) in [7, 11) is 4.34. The molecule has 0 spiro atoms. The molecule has 17 heteroatoms. The van der Waals surface area contributed by atoms with Crippen LogP contribution < -0.4 is 29.6 Å². The largest absolute Gasteiger partial charge is 0.497 e. The summed E-state index contributed by atoms with van der Waals surface area (Å²) in [5, 5.41) is 28.6. The highest BCUT2D eigenvalue weighted by atomic mass is 16.7. The first kappa shape index (κ1) is 51.3. The fourth-order valence-corrected chi connectivity index (χ4v) is 8.62. The van der Waals surface area contributed by atoms with Crippen LogP contribution in [0.3, 0.4) is 0 Å². The fraction of sp³-hybridized carbons (Fsp3) is 0.385. The van der Waals surface area contributed by atoms with Gasteiger partial charge in [0, 0.05) is 61.5 Å². The maximum Gasteiger partial charge on any atom is 0.343 e. The van der Waals surface area contributed by atoms with Crippen LogP contribution >= 0.6 is 0 Å². The monoisotopic (exact) mass is 950 g/mol. The third kappa shape index (κ3) is 10.4. The third-order valence-electron chi connectivity index (χ3n) is 12.8. The van der Waals surface area contributed by atoms with Gasteiger partial charge in [-0.1, -0.05) is 45.9 Å². The van der Waals surface area contributed by atoms with Crippen LogP contribution in [0.2, 0.25) is 0 Å². The second kappa shape index (κ2) is 21.1. The first-order valence-electron chi connectivity index (χ1n) is 22.3. The van der Waals surface area contributed by atoms with E-state index in [0.29, 0.717) is 17.2 Å². The molecule has 0 radical (unpaired) electrons. The van der Waals surface area contributed by atoms with Crippen LogP contribution in [0.1, 0.15) is 95.5 Å². The number of aliphatic hydroxyl groups excluding tert-OH is 2. The van der Waals surface area contributed by atoms with Gasteiger partial charge < -0.3 is 54.0 Å². The average Bonchev–Trinajstić information content (AvgIpc) is 3.60. The van der Waals surface area contributed by atoms with Crippen LogP contribution in [-0.2, 0) is 23.8 Å². The summed E-state index contributed by atoms with van der Waals surface area (Å²) >= 11 is 0. The van der Waals surface area contributed by atoms with Crippen LogP contribution in [0.5, 0.6) is 23.0 Å². The number of ether oxygens (including phenoxy) is 7. The Bertz CT molecular complexity index is 2650. The van der Waals surface area contributed by atoms with Crippen LogP contribution in [0.15, 0.2) is 96.1 Å². The number of methoxy groups -OCH3 is 3. The minimum absolute atomic E-state index is 0.0221. The van der Waals surface area contributed by atoms with E-state index in [1.54, 1.807) is 58.0 Å². The molecule has 3 aliphatic heterocycles. The van der Waals surface area contributed by atoms with Crippen molar-refractivity contribution in [2.75, 3.05) is 26.6 Å². The number of carbonyl (C=O) groups excluding carboxylic acids is 6. The van der Waals surface area contributed by atoms with Crippen molar-refractivity contribution in [3.05, 3.63) is 124 Å². The summed E-state index contributed by atoms with van der Waals surface area (Å²) in [4.78, 5) is 85.8. The van der Waals surface area contributed by atoms with Gasteiger partial charge in [0.1, 0.15) is 40.5 Å². The minimum Gasteiger partial charge on any atom is -0.497 e. The van der Waals surface area contributed by atoms with Crippen molar-refractivity contribution in [1.82, 2.24) is 5.32 Å². The molecule has 0 saturated heterocycles. The Morgan fingerprint density at radius 2 is 1.41 bits per heavy atom. The summed E-state index contributed by atoms with van der Waals surface area (Å²) in [6.45, 7) is 12.3. The summed E-state index contributed by atoms with van der Waals surface area (Å²) in [6, 6.07) is 12.3. The van der Waals surface area contributed by atoms with E-state index in [2.05, 4.69) is 10.6 Å². The van der Waals surface area contributed by atoms with Crippen LogP contribution in [0.4, 0.5) is 5.69 Å². The fourth-order valence-electron chi connectivity index (χ4n) is 8.62. The molecule has 17 nitrogen and oxygen atoms in total. The summed E-state index contributed by atoms with van der Waals surface area (Å²) in [6.07, 6.45) is 3.09. The highest BCUT2D eigenvalue weighted by molar-refractivity contribution is 6.33. The van der Waals surface area contributed by atoms with E-state index in [1.165, 1.54) is 91.5 Å². The number of carbonyl (C=O) groups is 6. The number of anilines is 1. The number of Topliss-reactive ketones (excluding diaryl/α,β-unsaturated/α-hetero) is 3. The maximum absolute atomic E-state index is 15.3. The van der Waals surface area contributed by atoms with Gasteiger partial charge in [-0.15, -0.1) is 0 Å². The average molecular weight is 951 g/mol. The van der Waals surface area contributed by atoms with Crippen molar-refractivity contribution in [2.24, 2.45) is 23.7 Å². The van der Waals surface area contributed by atoms with Gasteiger partial charge in [-0.3, -0.25) is 24.0 Å². The summed E-state index contributed by atoms with van der Waals surface area (Å²) in [5.74, 6) is -9.81. The molecule has 0 fully saturated rings. The number of allylic oxidation sites excluding steroid dienone is 4. The van der Waals surface area contributed by atoms with Crippen molar-refractivity contribution in [2.45, 2.75) is 85.6 Å². The van der Waals surface area contributed by atoms with E-state index in [4.69, 9.17) is 33.2 Å². The number of amides is 1. The van der Waals surface area contributed by atoms with Gasteiger partial charge >= 0.3 is 17.7 Å². The zero-order valence-corrected chi connectivity index (χ0v) is 40.3. The normalized spacial score (nSPS) is 27.6. The Hall–Kier alpha value is -7.08. The van der Waals surface area contributed by atoms with E-state index in [0.717, 1.165) is 6.26 Å². The Labute approximate surface area is 400 Å². The second-order valence-corrected chi connectivity index (χ2v) is 17.5. The molecule has 1 aliphatic carbocycles. The van der Waals surface area contributed by atoms with E-state index < -0.39 is 117 Å². The molecule has 366 valence electrons. The SMILES string of the molecule is COc1ccc(NC2=C3NC(=O)/C(C)=C\C=C[C@H](C)[C@H](O)[C@@H](C)[C@H](O)[C@H](C)[C@H](OC(C)=O)[C@H](C)[C@@H](OC)/C=C\O[C@@]4(C)Oc5c(C)c(OC(=O)c6ccc(OC)cc6)c(c(c5C4=O)C2=O)C3=O)cc1. The molecule has 0 aromatic heterocycles. The predicted octanol–water partition coefficient (Wildman–Crippen LogP) is 6.60. The van der Waals surface area contributed by atoms with E-state index in [9.17, 15) is 29.4 Å². The number of fused-ring (bicyclic) bond motifs is 14. The molecule has 69 heavy (non-hydrogen) atoms. The summed E-state index contributed by atoms with van der Waals surface area (Å²) < 4.78 is 40.4. The molecule has 0 unspecified atom stereocenters. The number of nitrogens with one attached hydrogen (secondary N) is 2. The molecule has 9 atom stereocenters. The van der Waals surface area contributed by atoms with Crippen molar-refractivity contribution >= 4 is 40.9 Å². The third-order valence-corrected chi connectivity index (χ3v) is 12.8. The molecule has 3 heterocycles. The lowest BCUT2D eigenvalue weighted by atomic mass is 9.78. The number of hydrogen-bond acceptors (Lipinski definition) is 16.